The van der Waals surface area contributed by atoms with Gasteiger partial charge in [-0.05, 0) is 44.2 Å². The van der Waals surface area contributed by atoms with Gasteiger partial charge in [0.15, 0.2) is 0 Å². The van der Waals surface area contributed by atoms with Gasteiger partial charge in [-0.25, -0.2) is 9.37 Å². The Hall–Kier alpha value is -1.47. The Morgan fingerprint density at radius 3 is 2.68 bits per heavy atom. The number of nitrogens with one attached hydrogen (secondary N) is 2. The second-order valence-corrected chi connectivity index (χ2v) is 6.44. The van der Waals surface area contributed by atoms with Crippen molar-refractivity contribution in [3.8, 4) is 10.6 Å². The zero-order valence-corrected chi connectivity index (χ0v) is 16.1. The Kier molecular flexibility index (Phi) is 8.52. The van der Waals surface area contributed by atoms with Crippen molar-refractivity contribution in [3.05, 3.63) is 52.3 Å². The molecule has 1 aliphatic rings. The lowest BCUT2D eigenvalue weighted by Gasteiger charge is -2.14. The third kappa shape index (κ3) is 5.51. The smallest absolute Gasteiger partial charge is 0.263 e. The summed E-state index contributed by atoms with van der Waals surface area (Å²) >= 11 is 1.34. The van der Waals surface area contributed by atoms with E-state index in [2.05, 4.69) is 21.7 Å². The van der Waals surface area contributed by atoms with Gasteiger partial charge in [-0.1, -0.05) is 11.6 Å². The molecule has 0 unspecified atom stereocenters. The van der Waals surface area contributed by atoms with Crippen molar-refractivity contribution >= 4 is 42.1 Å². The van der Waals surface area contributed by atoms with Gasteiger partial charge >= 0.3 is 0 Å². The number of rotatable bonds is 4. The van der Waals surface area contributed by atoms with E-state index in [4.69, 9.17) is 0 Å². The molecule has 25 heavy (non-hydrogen) atoms. The van der Waals surface area contributed by atoms with Crippen molar-refractivity contribution in [2.45, 2.75) is 13.3 Å². The van der Waals surface area contributed by atoms with Crippen molar-refractivity contribution in [2.24, 2.45) is 0 Å². The quantitative estimate of drug-likeness (QED) is 0.764. The minimum Gasteiger partial charge on any atom is -0.348 e. The molecule has 0 radical (unpaired) electrons. The van der Waals surface area contributed by atoms with Crippen molar-refractivity contribution in [1.82, 2.24) is 15.6 Å². The minimum absolute atomic E-state index is 0. The van der Waals surface area contributed by atoms with Crippen molar-refractivity contribution in [3.63, 3.8) is 0 Å². The second-order valence-electron chi connectivity index (χ2n) is 5.44. The number of nitrogens with zero attached hydrogens (tertiary/aromatic N) is 1. The summed E-state index contributed by atoms with van der Waals surface area (Å²) in [4.78, 5) is 17.4. The fraction of sp³-hybridized carbons (Fsp3) is 0.294. The molecule has 0 atom stereocenters. The zero-order chi connectivity index (χ0) is 16.2. The number of hydrogen-bond donors (Lipinski definition) is 2. The predicted octanol–water partition coefficient (Wildman–Crippen LogP) is 3.75. The van der Waals surface area contributed by atoms with Crippen LogP contribution in [0.2, 0.25) is 0 Å². The van der Waals surface area contributed by atoms with Crippen molar-refractivity contribution in [2.75, 3.05) is 19.6 Å². The standard InChI is InChI=1S/C17H18FN3OS.2ClH/c1-11-15(16(22)20-10-12-6-8-19-9-7-12)23-17(21-11)13-2-4-14(18)5-3-13;;/h2-6,19H,7-10H2,1H3,(H,20,22);2*1H. The van der Waals surface area contributed by atoms with Crippen LogP contribution in [0.15, 0.2) is 35.9 Å². The molecule has 1 aromatic carbocycles. The van der Waals surface area contributed by atoms with Crippen LogP contribution in [0.3, 0.4) is 0 Å². The van der Waals surface area contributed by atoms with Crippen molar-refractivity contribution in [1.29, 1.82) is 0 Å². The first-order valence-electron chi connectivity index (χ1n) is 7.53. The van der Waals surface area contributed by atoms with Gasteiger partial charge in [0.05, 0.1) is 5.69 Å². The lowest BCUT2D eigenvalue weighted by atomic mass is 10.1. The van der Waals surface area contributed by atoms with Crippen LogP contribution in [0.25, 0.3) is 10.6 Å². The highest BCUT2D eigenvalue weighted by molar-refractivity contribution is 7.17. The van der Waals surface area contributed by atoms with Gasteiger partial charge in [-0.2, -0.15) is 0 Å². The molecule has 3 rings (SSSR count). The molecule has 1 amide bonds. The summed E-state index contributed by atoms with van der Waals surface area (Å²) in [6.07, 6.45) is 3.08. The minimum atomic E-state index is -0.282. The summed E-state index contributed by atoms with van der Waals surface area (Å²) in [6, 6.07) is 6.15. The number of carbonyl (C=O) groups excluding carboxylic acids is 1. The van der Waals surface area contributed by atoms with E-state index in [9.17, 15) is 9.18 Å². The van der Waals surface area contributed by atoms with Gasteiger partial charge in [0.2, 0.25) is 0 Å². The average molecular weight is 404 g/mol. The van der Waals surface area contributed by atoms with Crippen LogP contribution in [-0.2, 0) is 0 Å². The fourth-order valence-corrected chi connectivity index (χ4v) is 3.42. The van der Waals surface area contributed by atoms with Gasteiger partial charge in [0.1, 0.15) is 15.7 Å². The maximum absolute atomic E-state index is 13.0. The molecular weight excluding hydrogens is 384 g/mol. The molecule has 0 saturated heterocycles. The van der Waals surface area contributed by atoms with Crippen LogP contribution < -0.4 is 10.6 Å². The number of aryl methyl sites for hydroxylation is 1. The predicted molar refractivity (Wildman–Crippen MR) is 105 cm³/mol. The first-order chi connectivity index (χ1) is 11.1. The summed E-state index contributed by atoms with van der Waals surface area (Å²) in [5.74, 6) is -0.386. The van der Waals surface area contributed by atoms with E-state index >= 15 is 0 Å². The van der Waals surface area contributed by atoms with Crippen LogP contribution in [0.1, 0.15) is 21.8 Å². The number of amides is 1. The van der Waals surface area contributed by atoms with Crippen molar-refractivity contribution < 1.29 is 9.18 Å². The Morgan fingerprint density at radius 1 is 1.32 bits per heavy atom. The zero-order valence-electron chi connectivity index (χ0n) is 13.7. The molecule has 1 aliphatic heterocycles. The summed E-state index contributed by atoms with van der Waals surface area (Å²) < 4.78 is 13.0. The molecular formula is C17H20Cl2FN3OS. The molecule has 2 aromatic rings. The maximum Gasteiger partial charge on any atom is 0.263 e. The normalized spacial score (nSPS) is 13.3. The molecule has 0 spiro atoms. The maximum atomic E-state index is 13.0. The van der Waals surface area contributed by atoms with Crippen LogP contribution in [-0.4, -0.2) is 30.5 Å². The third-order valence-corrected chi connectivity index (χ3v) is 4.93. The molecule has 8 heteroatoms. The first kappa shape index (κ1) is 21.6. The Morgan fingerprint density at radius 2 is 2.04 bits per heavy atom. The summed E-state index contributed by atoms with van der Waals surface area (Å²) in [7, 11) is 0. The molecule has 0 fully saturated rings. The number of hydrogen-bond acceptors (Lipinski definition) is 4. The largest absolute Gasteiger partial charge is 0.348 e. The van der Waals surface area contributed by atoms with E-state index < -0.39 is 0 Å². The van der Waals surface area contributed by atoms with E-state index in [1.54, 1.807) is 12.1 Å². The van der Waals surface area contributed by atoms with E-state index in [0.717, 1.165) is 30.1 Å². The molecule has 0 aliphatic carbocycles. The van der Waals surface area contributed by atoms with E-state index in [1.807, 2.05) is 6.92 Å². The summed E-state index contributed by atoms with van der Waals surface area (Å²) in [6.45, 7) is 4.21. The molecule has 136 valence electrons. The molecule has 4 nitrogen and oxygen atoms in total. The highest BCUT2D eigenvalue weighted by atomic mass is 35.5. The molecule has 0 bridgehead atoms. The van der Waals surface area contributed by atoms with Gasteiger partial charge in [0, 0.05) is 18.7 Å². The van der Waals surface area contributed by atoms with Gasteiger partial charge in [0.25, 0.3) is 5.91 Å². The van der Waals surface area contributed by atoms with Crippen LogP contribution >= 0.6 is 36.2 Å². The molecule has 0 saturated carbocycles. The van der Waals surface area contributed by atoms with Gasteiger partial charge < -0.3 is 10.6 Å². The highest BCUT2D eigenvalue weighted by Crippen LogP contribution is 2.28. The van der Waals surface area contributed by atoms with Crippen LogP contribution in [0.5, 0.6) is 0 Å². The number of aromatic nitrogens is 1. The Labute approximate surface area is 162 Å². The monoisotopic (exact) mass is 403 g/mol. The fourth-order valence-electron chi connectivity index (χ4n) is 2.43. The van der Waals surface area contributed by atoms with Gasteiger partial charge in [-0.3, -0.25) is 4.79 Å². The average Bonchev–Trinajstić information content (AvgIpc) is 2.96. The molecule has 1 aromatic heterocycles. The van der Waals surface area contributed by atoms with E-state index in [1.165, 1.54) is 29.0 Å². The SMILES string of the molecule is Cc1nc(-c2ccc(F)cc2)sc1C(=O)NCC1=CCNCC1.Cl.Cl. The lowest BCUT2D eigenvalue weighted by Crippen LogP contribution is -2.29. The Bertz CT molecular complexity index is 747. The number of halogens is 3. The third-order valence-electron chi connectivity index (χ3n) is 3.73. The molecule has 2 heterocycles. The lowest BCUT2D eigenvalue weighted by molar-refractivity contribution is 0.0960. The number of benzene rings is 1. The van der Waals surface area contributed by atoms with Crippen LogP contribution in [0.4, 0.5) is 4.39 Å². The highest BCUT2D eigenvalue weighted by Gasteiger charge is 2.16. The molecule has 2 N–H and O–H groups in total. The van der Waals surface area contributed by atoms with Gasteiger partial charge in [-0.15, -0.1) is 36.2 Å². The first-order valence-corrected chi connectivity index (χ1v) is 8.35. The number of thiazole rings is 1. The van der Waals surface area contributed by atoms with E-state index in [-0.39, 0.29) is 36.5 Å². The summed E-state index contributed by atoms with van der Waals surface area (Å²) in [5.41, 5.74) is 2.77. The number of carbonyl (C=O) groups is 1. The van der Waals surface area contributed by atoms with E-state index in [0.29, 0.717) is 17.1 Å². The van der Waals surface area contributed by atoms with Crippen LogP contribution in [0, 0.1) is 12.7 Å². The Balaban J connectivity index is 0.00000156. The topological polar surface area (TPSA) is 54.0 Å². The summed E-state index contributed by atoms with van der Waals surface area (Å²) in [5, 5.41) is 6.93. The second kappa shape index (κ2) is 9.87.